The molecule has 0 radical (unpaired) electrons. The summed E-state index contributed by atoms with van der Waals surface area (Å²) < 4.78 is 35.6. The summed E-state index contributed by atoms with van der Waals surface area (Å²) in [4.78, 5) is 15.2. The molecular formula is C12H15F2NO3. The Morgan fingerprint density at radius 2 is 2.17 bits per heavy atom. The van der Waals surface area contributed by atoms with Crippen LogP contribution in [0, 0.1) is 6.92 Å². The fourth-order valence-corrected chi connectivity index (χ4v) is 1.68. The van der Waals surface area contributed by atoms with Gasteiger partial charge in [0.15, 0.2) is 0 Å². The molecular weight excluding hydrogens is 244 g/mol. The van der Waals surface area contributed by atoms with Gasteiger partial charge < -0.3 is 9.47 Å². The summed E-state index contributed by atoms with van der Waals surface area (Å²) in [5.41, 5.74) is 0.200. The molecule has 1 aromatic heterocycles. The van der Waals surface area contributed by atoms with Crippen LogP contribution in [0.3, 0.4) is 0 Å². The number of nitrogens with zero attached hydrogens (tertiary/aromatic N) is 1. The number of esters is 1. The first-order valence-electron chi connectivity index (χ1n) is 5.47. The highest BCUT2D eigenvalue weighted by Gasteiger charge is 2.21. The second kappa shape index (κ2) is 6.28. The first kappa shape index (κ1) is 14.3. The zero-order valence-electron chi connectivity index (χ0n) is 10.5. The smallest absolute Gasteiger partial charge is 0.310 e. The SMILES string of the molecule is CCOC(=O)Cc1cnc(OC)c(C)c1C(F)F. The second-order valence-electron chi connectivity index (χ2n) is 3.61. The predicted octanol–water partition coefficient (Wildman–Crippen LogP) is 2.44. The fourth-order valence-electron chi connectivity index (χ4n) is 1.68. The Labute approximate surface area is 104 Å². The molecule has 0 amide bonds. The maximum absolute atomic E-state index is 13.0. The van der Waals surface area contributed by atoms with Crippen LogP contribution in [-0.2, 0) is 16.0 Å². The van der Waals surface area contributed by atoms with E-state index in [1.54, 1.807) is 6.92 Å². The third-order valence-corrected chi connectivity index (χ3v) is 2.46. The van der Waals surface area contributed by atoms with Gasteiger partial charge in [0.1, 0.15) is 0 Å². The molecule has 0 aliphatic rings. The van der Waals surface area contributed by atoms with Crippen LogP contribution >= 0.6 is 0 Å². The lowest BCUT2D eigenvalue weighted by Gasteiger charge is -2.13. The van der Waals surface area contributed by atoms with Gasteiger partial charge >= 0.3 is 5.97 Å². The fraction of sp³-hybridized carbons (Fsp3) is 0.500. The minimum atomic E-state index is -2.69. The zero-order chi connectivity index (χ0) is 13.7. The standard InChI is InChI=1S/C12H15F2NO3/c1-4-18-9(16)5-8-6-15-12(17-3)7(2)10(8)11(13)14/h6,11H,4-5H2,1-3H3. The molecule has 0 aromatic carbocycles. The van der Waals surface area contributed by atoms with Crippen molar-refractivity contribution in [1.29, 1.82) is 0 Å². The van der Waals surface area contributed by atoms with Crippen molar-refractivity contribution in [3.63, 3.8) is 0 Å². The molecule has 0 saturated carbocycles. The average molecular weight is 259 g/mol. The summed E-state index contributed by atoms with van der Waals surface area (Å²) >= 11 is 0. The molecule has 0 aliphatic heterocycles. The molecule has 100 valence electrons. The van der Waals surface area contributed by atoms with Crippen LogP contribution in [0.4, 0.5) is 8.78 Å². The molecule has 1 aromatic rings. The molecule has 0 unspecified atom stereocenters. The summed E-state index contributed by atoms with van der Waals surface area (Å²) in [6.07, 6.45) is -1.68. The number of rotatable bonds is 5. The maximum Gasteiger partial charge on any atom is 0.310 e. The number of hydrogen-bond donors (Lipinski definition) is 0. The van der Waals surface area contributed by atoms with Crippen LogP contribution in [0.25, 0.3) is 0 Å². The van der Waals surface area contributed by atoms with E-state index in [2.05, 4.69) is 4.98 Å². The van der Waals surface area contributed by atoms with E-state index < -0.39 is 12.4 Å². The van der Waals surface area contributed by atoms with Crippen molar-refractivity contribution in [1.82, 2.24) is 4.98 Å². The van der Waals surface area contributed by atoms with Crippen molar-refractivity contribution < 1.29 is 23.0 Å². The number of pyridine rings is 1. The van der Waals surface area contributed by atoms with Crippen LogP contribution in [0.15, 0.2) is 6.20 Å². The van der Waals surface area contributed by atoms with Gasteiger partial charge in [-0.25, -0.2) is 13.8 Å². The lowest BCUT2D eigenvalue weighted by molar-refractivity contribution is -0.142. The third kappa shape index (κ3) is 3.15. The van der Waals surface area contributed by atoms with E-state index in [4.69, 9.17) is 9.47 Å². The molecule has 0 atom stereocenters. The van der Waals surface area contributed by atoms with E-state index in [1.807, 2.05) is 0 Å². The predicted molar refractivity (Wildman–Crippen MR) is 60.8 cm³/mol. The third-order valence-electron chi connectivity index (χ3n) is 2.46. The van der Waals surface area contributed by atoms with Gasteiger partial charge in [0.25, 0.3) is 6.43 Å². The van der Waals surface area contributed by atoms with Crippen LogP contribution in [0.2, 0.25) is 0 Å². The number of carbonyl (C=O) groups is 1. The van der Waals surface area contributed by atoms with E-state index in [0.29, 0.717) is 0 Å². The summed E-state index contributed by atoms with van der Waals surface area (Å²) in [6.45, 7) is 3.36. The Balaban J connectivity index is 3.11. The van der Waals surface area contributed by atoms with Gasteiger partial charge in [-0.2, -0.15) is 0 Å². The van der Waals surface area contributed by atoms with Gasteiger partial charge in [0.2, 0.25) is 5.88 Å². The lowest BCUT2D eigenvalue weighted by atomic mass is 10.0. The topological polar surface area (TPSA) is 48.4 Å². The highest BCUT2D eigenvalue weighted by molar-refractivity contribution is 5.73. The Morgan fingerprint density at radius 1 is 1.50 bits per heavy atom. The Bertz CT molecular complexity index is 436. The van der Waals surface area contributed by atoms with E-state index in [0.717, 1.165) is 0 Å². The van der Waals surface area contributed by atoms with E-state index >= 15 is 0 Å². The number of hydrogen-bond acceptors (Lipinski definition) is 4. The van der Waals surface area contributed by atoms with Gasteiger partial charge in [-0.1, -0.05) is 0 Å². The highest BCUT2D eigenvalue weighted by atomic mass is 19.3. The van der Waals surface area contributed by atoms with Crippen LogP contribution < -0.4 is 4.74 Å². The molecule has 6 heteroatoms. The summed E-state index contributed by atoms with van der Waals surface area (Å²) in [5.74, 6) is -0.413. The minimum Gasteiger partial charge on any atom is -0.481 e. The van der Waals surface area contributed by atoms with Gasteiger partial charge in [-0.05, 0) is 19.4 Å². The van der Waals surface area contributed by atoms with Gasteiger partial charge in [0.05, 0.1) is 20.1 Å². The molecule has 18 heavy (non-hydrogen) atoms. The van der Waals surface area contributed by atoms with E-state index in [-0.39, 0.29) is 35.6 Å². The summed E-state index contributed by atoms with van der Waals surface area (Å²) in [6, 6.07) is 0. The molecule has 0 fully saturated rings. The van der Waals surface area contributed by atoms with Crippen molar-refractivity contribution in [3.05, 3.63) is 22.9 Å². The number of methoxy groups -OCH3 is 1. The van der Waals surface area contributed by atoms with Crippen molar-refractivity contribution in [2.45, 2.75) is 26.7 Å². The van der Waals surface area contributed by atoms with E-state index in [1.165, 1.54) is 20.2 Å². The van der Waals surface area contributed by atoms with Crippen molar-refractivity contribution in [2.75, 3.05) is 13.7 Å². The van der Waals surface area contributed by atoms with Crippen molar-refractivity contribution in [3.8, 4) is 5.88 Å². The number of aromatic nitrogens is 1. The maximum atomic E-state index is 13.0. The average Bonchev–Trinajstić information content (AvgIpc) is 2.29. The minimum absolute atomic E-state index is 0.137. The monoisotopic (exact) mass is 259 g/mol. The first-order chi connectivity index (χ1) is 8.51. The Hall–Kier alpha value is -1.72. The Kier molecular flexibility index (Phi) is 5.00. The number of halogens is 2. The lowest BCUT2D eigenvalue weighted by Crippen LogP contribution is -2.11. The second-order valence-corrected chi connectivity index (χ2v) is 3.61. The highest BCUT2D eigenvalue weighted by Crippen LogP contribution is 2.31. The van der Waals surface area contributed by atoms with Crippen LogP contribution in [0.5, 0.6) is 5.88 Å². The number of alkyl halides is 2. The van der Waals surface area contributed by atoms with Crippen molar-refractivity contribution in [2.24, 2.45) is 0 Å². The van der Waals surface area contributed by atoms with Gasteiger partial charge in [-0.3, -0.25) is 4.79 Å². The molecule has 0 N–H and O–H groups in total. The van der Waals surface area contributed by atoms with Crippen LogP contribution in [-0.4, -0.2) is 24.7 Å². The van der Waals surface area contributed by atoms with Crippen molar-refractivity contribution >= 4 is 5.97 Å². The molecule has 4 nitrogen and oxygen atoms in total. The number of ether oxygens (including phenoxy) is 2. The zero-order valence-corrected chi connectivity index (χ0v) is 10.5. The van der Waals surface area contributed by atoms with E-state index in [9.17, 15) is 13.6 Å². The molecule has 0 spiro atoms. The van der Waals surface area contributed by atoms with Gasteiger partial charge in [-0.15, -0.1) is 0 Å². The molecule has 0 aliphatic carbocycles. The summed E-state index contributed by atoms with van der Waals surface area (Å²) in [5, 5.41) is 0. The van der Waals surface area contributed by atoms with Gasteiger partial charge in [0, 0.05) is 17.3 Å². The first-order valence-corrected chi connectivity index (χ1v) is 5.47. The molecule has 0 saturated heterocycles. The van der Waals surface area contributed by atoms with Crippen LogP contribution in [0.1, 0.15) is 30.0 Å². The normalized spacial score (nSPS) is 10.6. The quantitative estimate of drug-likeness (QED) is 0.762. The number of carbonyl (C=O) groups excluding carboxylic acids is 1. The molecule has 0 bridgehead atoms. The summed E-state index contributed by atoms with van der Waals surface area (Å²) in [7, 11) is 1.36. The Morgan fingerprint density at radius 3 is 2.67 bits per heavy atom. The molecule has 1 rings (SSSR count). The largest absolute Gasteiger partial charge is 0.481 e. The molecule has 1 heterocycles.